The van der Waals surface area contributed by atoms with Gasteiger partial charge in [0.15, 0.2) is 5.75 Å². The molecule has 0 saturated carbocycles. The van der Waals surface area contributed by atoms with Crippen LogP contribution in [-0.2, 0) is 0 Å². The van der Waals surface area contributed by atoms with Crippen LogP contribution in [-0.4, -0.2) is 11.1 Å². The summed E-state index contributed by atoms with van der Waals surface area (Å²) in [5.41, 5.74) is 0.0274. The SMILES string of the molecule is O=[N+]([O-])c1ccc(O/N=C/c2cccs2)cc1. The van der Waals surface area contributed by atoms with Crippen LogP contribution in [0.15, 0.2) is 46.9 Å². The van der Waals surface area contributed by atoms with Crippen LogP contribution in [0.2, 0.25) is 0 Å². The van der Waals surface area contributed by atoms with Crippen molar-refractivity contribution in [1.29, 1.82) is 0 Å². The van der Waals surface area contributed by atoms with Crippen molar-refractivity contribution in [2.24, 2.45) is 5.16 Å². The molecule has 86 valence electrons. The monoisotopic (exact) mass is 248 g/mol. The summed E-state index contributed by atoms with van der Waals surface area (Å²) in [6.45, 7) is 0. The van der Waals surface area contributed by atoms with E-state index in [9.17, 15) is 10.1 Å². The number of nitro groups is 1. The van der Waals surface area contributed by atoms with Gasteiger partial charge in [0.2, 0.25) is 0 Å². The Labute approximate surface area is 101 Å². The lowest BCUT2D eigenvalue weighted by Crippen LogP contribution is -1.88. The van der Waals surface area contributed by atoms with E-state index < -0.39 is 4.92 Å². The fourth-order valence-electron chi connectivity index (χ4n) is 1.13. The summed E-state index contributed by atoms with van der Waals surface area (Å²) >= 11 is 1.55. The average Bonchev–Trinajstić information content (AvgIpc) is 2.83. The molecule has 5 nitrogen and oxygen atoms in total. The van der Waals surface area contributed by atoms with Gasteiger partial charge in [-0.25, -0.2) is 0 Å². The Morgan fingerprint density at radius 1 is 1.29 bits per heavy atom. The van der Waals surface area contributed by atoms with Crippen molar-refractivity contribution in [3.8, 4) is 5.75 Å². The van der Waals surface area contributed by atoms with Gasteiger partial charge in [-0.15, -0.1) is 11.3 Å². The minimum Gasteiger partial charge on any atom is -0.357 e. The second-order valence-corrected chi connectivity index (χ2v) is 4.07. The number of rotatable bonds is 4. The number of thiophene rings is 1. The van der Waals surface area contributed by atoms with E-state index >= 15 is 0 Å². The molecule has 0 unspecified atom stereocenters. The molecule has 0 spiro atoms. The van der Waals surface area contributed by atoms with Gasteiger partial charge in [-0.05, 0) is 23.6 Å². The summed E-state index contributed by atoms with van der Waals surface area (Å²) in [6.07, 6.45) is 1.59. The summed E-state index contributed by atoms with van der Waals surface area (Å²) in [5.74, 6) is 0.461. The zero-order valence-electron chi connectivity index (χ0n) is 8.65. The van der Waals surface area contributed by atoms with Crippen molar-refractivity contribution >= 4 is 23.2 Å². The number of non-ortho nitro benzene ring substituents is 1. The Balaban J connectivity index is 1.97. The van der Waals surface area contributed by atoms with Gasteiger partial charge >= 0.3 is 0 Å². The highest BCUT2D eigenvalue weighted by Crippen LogP contribution is 2.17. The molecule has 2 rings (SSSR count). The molecule has 2 aromatic rings. The molecule has 0 fully saturated rings. The first-order valence-electron chi connectivity index (χ1n) is 4.74. The third kappa shape index (κ3) is 3.12. The molecular weight excluding hydrogens is 240 g/mol. The van der Waals surface area contributed by atoms with Crippen molar-refractivity contribution in [2.75, 3.05) is 0 Å². The van der Waals surface area contributed by atoms with E-state index in [2.05, 4.69) is 5.16 Å². The molecule has 17 heavy (non-hydrogen) atoms. The fraction of sp³-hybridized carbons (Fsp3) is 0. The molecule has 6 heteroatoms. The lowest BCUT2D eigenvalue weighted by molar-refractivity contribution is -0.384. The highest BCUT2D eigenvalue weighted by molar-refractivity contribution is 7.11. The maximum atomic E-state index is 10.4. The summed E-state index contributed by atoms with van der Waals surface area (Å²) in [6, 6.07) is 9.57. The van der Waals surface area contributed by atoms with E-state index in [0.29, 0.717) is 5.75 Å². The van der Waals surface area contributed by atoms with Crippen LogP contribution in [0.4, 0.5) is 5.69 Å². The number of hydrogen-bond acceptors (Lipinski definition) is 5. The third-order valence-corrected chi connectivity index (χ3v) is 2.74. The van der Waals surface area contributed by atoms with E-state index in [0.717, 1.165) is 4.88 Å². The summed E-state index contributed by atoms with van der Waals surface area (Å²) < 4.78 is 0. The van der Waals surface area contributed by atoms with Gasteiger partial charge in [0.25, 0.3) is 5.69 Å². The van der Waals surface area contributed by atoms with E-state index in [1.165, 1.54) is 24.3 Å². The number of oxime groups is 1. The second kappa shape index (κ2) is 5.22. The van der Waals surface area contributed by atoms with Crippen LogP contribution in [0.3, 0.4) is 0 Å². The lowest BCUT2D eigenvalue weighted by atomic mass is 10.3. The Morgan fingerprint density at radius 3 is 2.65 bits per heavy atom. The predicted octanol–water partition coefficient (Wildman–Crippen LogP) is 3.07. The van der Waals surface area contributed by atoms with Crippen LogP contribution in [0.1, 0.15) is 4.88 Å². The van der Waals surface area contributed by atoms with Crippen LogP contribution in [0, 0.1) is 10.1 Å². The normalized spacial score (nSPS) is 10.6. The second-order valence-electron chi connectivity index (χ2n) is 3.09. The molecule has 1 aromatic carbocycles. The molecule has 0 N–H and O–H groups in total. The van der Waals surface area contributed by atoms with E-state index in [-0.39, 0.29) is 5.69 Å². The van der Waals surface area contributed by atoms with Crippen LogP contribution in [0.25, 0.3) is 0 Å². The maximum absolute atomic E-state index is 10.4. The number of hydrogen-bond donors (Lipinski definition) is 0. The highest BCUT2D eigenvalue weighted by atomic mass is 32.1. The van der Waals surface area contributed by atoms with Crippen LogP contribution in [0.5, 0.6) is 5.75 Å². The Bertz CT molecular complexity index is 520. The summed E-state index contributed by atoms with van der Waals surface area (Å²) in [5, 5.41) is 16.1. The van der Waals surface area contributed by atoms with Gasteiger partial charge in [-0.1, -0.05) is 11.2 Å². The molecule has 0 aliphatic heterocycles. The minimum atomic E-state index is -0.460. The van der Waals surface area contributed by atoms with Gasteiger partial charge in [-0.3, -0.25) is 10.1 Å². The average molecular weight is 248 g/mol. The first-order chi connectivity index (χ1) is 8.25. The maximum Gasteiger partial charge on any atom is 0.269 e. The zero-order chi connectivity index (χ0) is 12.1. The Kier molecular flexibility index (Phi) is 3.46. The molecule has 0 saturated heterocycles. The lowest BCUT2D eigenvalue weighted by Gasteiger charge is -1.96. The molecule has 0 bridgehead atoms. The van der Waals surface area contributed by atoms with Gasteiger partial charge in [0.1, 0.15) is 0 Å². The largest absolute Gasteiger partial charge is 0.357 e. The van der Waals surface area contributed by atoms with Gasteiger partial charge in [0, 0.05) is 17.0 Å². The first kappa shape index (κ1) is 11.3. The summed E-state index contributed by atoms with van der Waals surface area (Å²) in [7, 11) is 0. The predicted molar refractivity (Wildman–Crippen MR) is 65.6 cm³/mol. The third-order valence-electron chi connectivity index (χ3n) is 1.93. The van der Waals surface area contributed by atoms with E-state index in [1.807, 2.05) is 17.5 Å². The topological polar surface area (TPSA) is 64.7 Å². The molecule has 0 atom stereocenters. The first-order valence-corrected chi connectivity index (χ1v) is 5.62. The van der Waals surface area contributed by atoms with Crippen molar-refractivity contribution in [3.63, 3.8) is 0 Å². The molecule has 0 aliphatic carbocycles. The molecular formula is C11H8N2O3S. The summed E-state index contributed by atoms with van der Waals surface area (Å²) in [4.78, 5) is 16.0. The standard InChI is InChI=1S/C11H8N2O3S/c14-13(15)9-3-5-10(6-4-9)16-12-8-11-2-1-7-17-11/h1-8H/b12-8+. The van der Waals surface area contributed by atoms with Crippen molar-refractivity contribution < 1.29 is 9.76 Å². The Morgan fingerprint density at radius 2 is 2.06 bits per heavy atom. The zero-order valence-corrected chi connectivity index (χ0v) is 9.46. The number of nitro benzene ring substituents is 1. The van der Waals surface area contributed by atoms with Crippen molar-refractivity contribution in [3.05, 3.63) is 56.8 Å². The van der Waals surface area contributed by atoms with Crippen LogP contribution >= 0.6 is 11.3 Å². The van der Waals surface area contributed by atoms with Gasteiger partial charge < -0.3 is 4.84 Å². The molecule has 0 aliphatic rings. The molecule has 1 aromatic heterocycles. The molecule has 1 heterocycles. The highest BCUT2D eigenvalue weighted by Gasteiger charge is 2.03. The van der Waals surface area contributed by atoms with Gasteiger partial charge in [-0.2, -0.15) is 0 Å². The van der Waals surface area contributed by atoms with Crippen LogP contribution < -0.4 is 4.84 Å². The van der Waals surface area contributed by atoms with Crippen molar-refractivity contribution in [2.45, 2.75) is 0 Å². The quantitative estimate of drug-likeness (QED) is 0.474. The molecule has 0 radical (unpaired) electrons. The smallest absolute Gasteiger partial charge is 0.269 e. The van der Waals surface area contributed by atoms with Crippen molar-refractivity contribution in [1.82, 2.24) is 0 Å². The molecule has 0 amide bonds. The number of nitrogens with zero attached hydrogens (tertiary/aromatic N) is 2. The van der Waals surface area contributed by atoms with E-state index in [4.69, 9.17) is 4.84 Å². The minimum absolute atomic E-state index is 0.0274. The Hall–Kier alpha value is -2.21. The fourth-order valence-corrected chi connectivity index (χ4v) is 1.71. The van der Waals surface area contributed by atoms with E-state index in [1.54, 1.807) is 17.6 Å². The number of benzene rings is 1. The van der Waals surface area contributed by atoms with Gasteiger partial charge in [0.05, 0.1) is 11.1 Å².